The lowest BCUT2D eigenvalue weighted by atomic mass is 10.1. The Morgan fingerprint density at radius 3 is 2.64 bits per heavy atom. The first kappa shape index (κ1) is 10.6. The van der Waals surface area contributed by atoms with Gasteiger partial charge in [-0.2, -0.15) is 5.26 Å². The normalized spacial score (nSPS) is 9.29. The number of nitrogens with zero attached hydrogens (tertiary/aromatic N) is 1. The van der Waals surface area contributed by atoms with Crippen molar-refractivity contribution >= 4 is 16.8 Å². The number of benzene rings is 1. The lowest BCUT2D eigenvalue weighted by Gasteiger charge is -2.07. The number of carbonyl (C=O) groups excluding carboxylic acids is 1. The van der Waals surface area contributed by atoms with E-state index in [1.807, 2.05) is 6.07 Å². The van der Waals surface area contributed by atoms with Gasteiger partial charge in [0, 0.05) is 0 Å². The van der Waals surface area contributed by atoms with Crippen LogP contribution in [-0.4, -0.2) is 12.4 Å². The van der Waals surface area contributed by atoms with Crippen molar-refractivity contribution in [2.75, 3.05) is 7.11 Å². The number of methoxy groups -OCH3 is 1. The van der Waals surface area contributed by atoms with Gasteiger partial charge in [-0.25, -0.2) is 0 Å². The van der Waals surface area contributed by atoms with Crippen LogP contribution in [0.4, 0.5) is 0 Å². The fourth-order valence-electron chi connectivity index (χ4n) is 1.22. The van der Waals surface area contributed by atoms with E-state index < -0.39 is 5.24 Å². The molecule has 0 spiro atoms. The molecule has 0 N–H and O–H groups in total. The molecule has 14 heavy (non-hydrogen) atoms. The Labute approximate surface area is 86.9 Å². The fourth-order valence-corrected chi connectivity index (χ4v) is 1.36. The van der Waals surface area contributed by atoms with E-state index in [1.54, 1.807) is 19.1 Å². The van der Waals surface area contributed by atoms with Gasteiger partial charge in [0.2, 0.25) is 0 Å². The maximum absolute atomic E-state index is 11.0. The largest absolute Gasteiger partial charge is 0.495 e. The van der Waals surface area contributed by atoms with E-state index in [9.17, 15) is 4.79 Å². The lowest BCUT2D eigenvalue weighted by Crippen LogP contribution is -1.99. The minimum Gasteiger partial charge on any atom is -0.495 e. The van der Waals surface area contributed by atoms with Gasteiger partial charge in [-0.3, -0.25) is 4.79 Å². The van der Waals surface area contributed by atoms with Crippen molar-refractivity contribution < 1.29 is 9.53 Å². The third-order valence-electron chi connectivity index (χ3n) is 1.77. The van der Waals surface area contributed by atoms with Crippen molar-refractivity contribution in [3.05, 3.63) is 28.8 Å². The van der Waals surface area contributed by atoms with Crippen molar-refractivity contribution in [1.82, 2.24) is 0 Å². The summed E-state index contributed by atoms with van der Waals surface area (Å²) in [4.78, 5) is 11.0. The second kappa shape index (κ2) is 4.12. The predicted molar refractivity (Wildman–Crippen MR) is 52.6 cm³/mol. The number of aryl methyl sites for hydroxylation is 1. The smallest absolute Gasteiger partial charge is 0.256 e. The number of carbonyl (C=O) groups is 1. The van der Waals surface area contributed by atoms with Gasteiger partial charge < -0.3 is 4.74 Å². The third kappa shape index (κ3) is 1.86. The molecule has 72 valence electrons. The standard InChI is InChI=1S/C10H8ClNO2/c1-6-3-7(5-12)9(14-2)8(4-6)10(11)13/h3-4H,1-2H3. The van der Waals surface area contributed by atoms with E-state index in [0.717, 1.165) is 5.56 Å². The zero-order valence-corrected chi connectivity index (χ0v) is 8.55. The van der Waals surface area contributed by atoms with Crippen LogP contribution in [0.25, 0.3) is 0 Å². The first-order valence-electron chi connectivity index (χ1n) is 3.88. The Morgan fingerprint density at radius 1 is 1.57 bits per heavy atom. The van der Waals surface area contributed by atoms with E-state index in [4.69, 9.17) is 21.6 Å². The van der Waals surface area contributed by atoms with Crippen molar-refractivity contribution in [3.8, 4) is 11.8 Å². The van der Waals surface area contributed by atoms with E-state index in [2.05, 4.69) is 0 Å². The molecular formula is C10H8ClNO2. The molecule has 0 heterocycles. The maximum atomic E-state index is 11.0. The first-order chi connectivity index (χ1) is 6.60. The molecule has 0 aromatic heterocycles. The van der Waals surface area contributed by atoms with Gasteiger partial charge in [0.25, 0.3) is 5.24 Å². The summed E-state index contributed by atoms with van der Waals surface area (Å²) in [7, 11) is 1.40. The maximum Gasteiger partial charge on any atom is 0.256 e. The molecule has 0 bridgehead atoms. The Morgan fingerprint density at radius 2 is 2.21 bits per heavy atom. The topological polar surface area (TPSA) is 50.1 Å². The molecule has 4 heteroatoms. The number of ether oxygens (including phenoxy) is 1. The molecule has 0 atom stereocenters. The quantitative estimate of drug-likeness (QED) is 0.702. The molecule has 0 aliphatic rings. The average Bonchev–Trinajstić information content (AvgIpc) is 2.16. The molecule has 0 saturated heterocycles. The molecule has 3 nitrogen and oxygen atoms in total. The molecule has 0 amide bonds. The lowest BCUT2D eigenvalue weighted by molar-refractivity contribution is 0.107. The summed E-state index contributed by atoms with van der Waals surface area (Å²) in [5, 5.41) is 8.17. The van der Waals surface area contributed by atoms with Gasteiger partial charge in [0.05, 0.1) is 18.2 Å². The van der Waals surface area contributed by atoms with Crippen molar-refractivity contribution in [3.63, 3.8) is 0 Å². The molecule has 0 aliphatic carbocycles. The minimum absolute atomic E-state index is 0.228. The molecular weight excluding hydrogens is 202 g/mol. The second-order valence-electron chi connectivity index (χ2n) is 2.78. The molecule has 1 aromatic rings. The van der Waals surface area contributed by atoms with Crippen molar-refractivity contribution in [2.24, 2.45) is 0 Å². The molecule has 0 unspecified atom stereocenters. The SMILES string of the molecule is COc1c(C#N)cc(C)cc1C(=O)Cl. The van der Waals surface area contributed by atoms with Crippen LogP contribution >= 0.6 is 11.6 Å². The molecule has 0 fully saturated rings. The van der Waals surface area contributed by atoms with E-state index in [0.29, 0.717) is 5.56 Å². The molecule has 0 radical (unpaired) electrons. The van der Waals surface area contributed by atoms with E-state index >= 15 is 0 Å². The Hall–Kier alpha value is -1.53. The Kier molecular flexibility index (Phi) is 3.10. The molecule has 0 saturated carbocycles. The van der Waals surface area contributed by atoms with Crippen LogP contribution in [0.5, 0.6) is 5.75 Å². The van der Waals surface area contributed by atoms with Gasteiger partial charge in [-0.1, -0.05) is 0 Å². The molecule has 1 rings (SSSR count). The summed E-state index contributed by atoms with van der Waals surface area (Å²) in [6.07, 6.45) is 0. The van der Waals surface area contributed by atoms with E-state index in [1.165, 1.54) is 7.11 Å². The van der Waals surface area contributed by atoms with Gasteiger partial charge >= 0.3 is 0 Å². The second-order valence-corrected chi connectivity index (χ2v) is 3.12. The number of halogens is 1. The monoisotopic (exact) mass is 209 g/mol. The van der Waals surface area contributed by atoms with Crippen LogP contribution in [0, 0.1) is 18.3 Å². The number of hydrogen-bond donors (Lipinski definition) is 0. The van der Waals surface area contributed by atoms with Crippen molar-refractivity contribution in [2.45, 2.75) is 6.92 Å². The highest BCUT2D eigenvalue weighted by atomic mass is 35.5. The Balaban J connectivity index is 3.49. The summed E-state index contributed by atoms with van der Waals surface area (Å²) < 4.78 is 4.96. The minimum atomic E-state index is -0.623. The van der Waals surface area contributed by atoms with Crippen LogP contribution in [0.2, 0.25) is 0 Å². The van der Waals surface area contributed by atoms with Gasteiger partial charge in [-0.05, 0) is 36.2 Å². The van der Waals surface area contributed by atoms with Crippen molar-refractivity contribution in [1.29, 1.82) is 5.26 Å². The van der Waals surface area contributed by atoms with Crippen LogP contribution < -0.4 is 4.74 Å². The highest BCUT2D eigenvalue weighted by molar-refractivity contribution is 6.68. The van der Waals surface area contributed by atoms with Gasteiger partial charge in [-0.15, -0.1) is 0 Å². The first-order valence-corrected chi connectivity index (χ1v) is 4.26. The summed E-state index contributed by atoms with van der Waals surface area (Å²) in [5.74, 6) is 0.234. The summed E-state index contributed by atoms with van der Waals surface area (Å²) in [6, 6.07) is 5.18. The fraction of sp³-hybridized carbons (Fsp3) is 0.200. The zero-order valence-electron chi connectivity index (χ0n) is 7.80. The summed E-state index contributed by atoms with van der Waals surface area (Å²) in [5.41, 5.74) is 1.34. The summed E-state index contributed by atoms with van der Waals surface area (Å²) >= 11 is 5.36. The van der Waals surface area contributed by atoms with E-state index in [-0.39, 0.29) is 11.3 Å². The number of rotatable bonds is 2. The van der Waals surface area contributed by atoms with Crippen LogP contribution in [0.3, 0.4) is 0 Å². The number of hydrogen-bond acceptors (Lipinski definition) is 3. The van der Waals surface area contributed by atoms with Gasteiger partial charge in [0.1, 0.15) is 11.8 Å². The van der Waals surface area contributed by atoms with Crippen LogP contribution in [-0.2, 0) is 0 Å². The summed E-state index contributed by atoms with van der Waals surface area (Å²) in [6.45, 7) is 1.78. The molecule has 0 aliphatic heterocycles. The highest BCUT2D eigenvalue weighted by Gasteiger charge is 2.14. The number of nitriles is 1. The third-order valence-corrected chi connectivity index (χ3v) is 1.97. The van der Waals surface area contributed by atoms with Crippen LogP contribution in [0.1, 0.15) is 21.5 Å². The van der Waals surface area contributed by atoms with Gasteiger partial charge in [0.15, 0.2) is 0 Å². The van der Waals surface area contributed by atoms with Crippen LogP contribution in [0.15, 0.2) is 12.1 Å². The average molecular weight is 210 g/mol. The predicted octanol–water partition coefficient (Wildman–Crippen LogP) is 2.25. The Bertz CT molecular complexity index is 421. The highest BCUT2D eigenvalue weighted by Crippen LogP contribution is 2.26. The zero-order chi connectivity index (χ0) is 10.7. The molecule has 1 aromatic carbocycles.